The average molecular weight is 204 g/mol. The molecule has 2 aromatic heterocycles. The number of hydrogen-bond donors (Lipinski definition) is 1. The second-order valence-electron chi connectivity index (χ2n) is 3.18. The fourth-order valence-electron chi connectivity index (χ4n) is 1.33. The van der Waals surface area contributed by atoms with Crippen LogP contribution in [0, 0.1) is 6.92 Å². The van der Waals surface area contributed by atoms with Gasteiger partial charge < -0.3 is 5.73 Å². The van der Waals surface area contributed by atoms with Crippen molar-refractivity contribution in [2.75, 3.05) is 6.54 Å². The Bertz CT molecular complexity index is 449. The van der Waals surface area contributed by atoms with Gasteiger partial charge in [0.2, 0.25) is 5.82 Å². The summed E-state index contributed by atoms with van der Waals surface area (Å²) >= 11 is 0. The van der Waals surface area contributed by atoms with Gasteiger partial charge in [0.25, 0.3) is 0 Å². The standard InChI is InChI=1S/C9H12N6/c1-7-3-2-4-8(11-7)9-12-13-14-15(9)6-5-10/h2-4H,5-6,10H2,1H3. The summed E-state index contributed by atoms with van der Waals surface area (Å²) in [6, 6.07) is 5.74. The minimum atomic E-state index is 0.504. The Balaban J connectivity index is 2.40. The van der Waals surface area contributed by atoms with Gasteiger partial charge in [0.15, 0.2) is 0 Å². The molecule has 0 aliphatic heterocycles. The van der Waals surface area contributed by atoms with Crippen LogP contribution in [0.1, 0.15) is 5.69 Å². The Hall–Kier alpha value is -1.82. The fourth-order valence-corrected chi connectivity index (χ4v) is 1.33. The van der Waals surface area contributed by atoms with Crippen LogP contribution in [-0.4, -0.2) is 31.7 Å². The van der Waals surface area contributed by atoms with E-state index in [1.165, 1.54) is 0 Å². The zero-order valence-electron chi connectivity index (χ0n) is 8.46. The highest BCUT2D eigenvalue weighted by atomic mass is 15.5. The van der Waals surface area contributed by atoms with Gasteiger partial charge in [-0.2, -0.15) is 0 Å². The van der Waals surface area contributed by atoms with E-state index in [0.717, 1.165) is 11.4 Å². The molecule has 2 aromatic rings. The molecular formula is C9H12N6. The van der Waals surface area contributed by atoms with Crippen LogP contribution >= 0.6 is 0 Å². The molecule has 0 spiro atoms. The highest BCUT2D eigenvalue weighted by molar-refractivity contribution is 5.48. The summed E-state index contributed by atoms with van der Waals surface area (Å²) in [4.78, 5) is 4.35. The third kappa shape index (κ3) is 1.99. The Labute approximate surface area is 87.1 Å². The summed E-state index contributed by atoms with van der Waals surface area (Å²) in [6.07, 6.45) is 0. The lowest BCUT2D eigenvalue weighted by Crippen LogP contribution is -2.12. The van der Waals surface area contributed by atoms with E-state index in [1.54, 1.807) is 4.68 Å². The summed E-state index contributed by atoms with van der Waals surface area (Å²) in [5, 5.41) is 11.4. The number of rotatable bonds is 3. The molecule has 0 radical (unpaired) electrons. The maximum absolute atomic E-state index is 5.46. The largest absolute Gasteiger partial charge is 0.329 e. The molecule has 6 heteroatoms. The Kier molecular flexibility index (Phi) is 2.68. The lowest BCUT2D eigenvalue weighted by Gasteiger charge is -2.02. The quantitative estimate of drug-likeness (QED) is 0.761. The van der Waals surface area contributed by atoms with Gasteiger partial charge in [-0.25, -0.2) is 9.67 Å². The zero-order chi connectivity index (χ0) is 10.7. The van der Waals surface area contributed by atoms with Gasteiger partial charge in [-0.15, -0.1) is 5.10 Å². The van der Waals surface area contributed by atoms with Crippen LogP contribution in [0.25, 0.3) is 11.5 Å². The minimum absolute atomic E-state index is 0.504. The first-order valence-electron chi connectivity index (χ1n) is 4.71. The molecule has 0 saturated heterocycles. The Morgan fingerprint density at radius 2 is 2.27 bits per heavy atom. The number of aromatic nitrogens is 5. The molecular weight excluding hydrogens is 192 g/mol. The predicted octanol–water partition coefficient (Wildman–Crippen LogP) is 0.00222. The first-order chi connectivity index (χ1) is 7.31. The van der Waals surface area contributed by atoms with E-state index >= 15 is 0 Å². The summed E-state index contributed by atoms with van der Waals surface area (Å²) in [6.45, 7) is 3.03. The smallest absolute Gasteiger partial charge is 0.200 e. The summed E-state index contributed by atoms with van der Waals surface area (Å²) in [5.41, 5.74) is 7.17. The van der Waals surface area contributed by atoms with Gasteiger partial charge in [0.1, 0.15) is 5.69 Å². The summed E-state index contributed by atoms with van der Waals surface area (Å²) in [7, 11) is 0. The van der Waals surface area contributed by atoms with Crippen molar-refractivity contribution >= 4 is 0 Å². The third-order valence-corrected chi connectivity index (χ3v) is 1.99. The van der Waals surface area contributed by atoms with Crippen molar-refractivity contribution in [1.29, 1.82) is 0 Å². The number of aryl methyl sites for hydroxylation is 1. The van der Waals surface area contributed by atoms with Gasteiger partial charge >= 0.3 is 0 Å². The average Bonchev–Trinajstić information content (AvgIpc) is 2.66. The molecule has 0 aromatic carbocycles. The van der Waals surface area contributed by atoms with E-state index in [1.807, 2.05) is 25.1 Å². The van der Waals surface area contributed by atoms with Gasteiger partial charge in [0, 0.05) is 12.2 Å². The molecule has 0 amide bonds. The molecule has 0 bridgehead atoms. The number of nitrogens with two attached hydrogens (primary N) is 1. The summed E-state index contributed by atoms with van der Waals surface area (Å²) in [5.74, 6) is 0.657. The summed E-state index contributed by atoms with van der Waals surface area (Å²) < 4.78 is 1.65. The number of pyridine rings is 1. The minimum Gasteiger partial charge on any atom is -0.329 e. The SMILES string of the molecule is Cc1cccc(-c2nnnn2CCN)n1. The normalized spacial score (nSPS) is 10.5. The topological polar surface area (TPSA) is 82.5 Å². The van der Waals surface area contributed by atoms with Gasteiger partial charge in [-0.05, 0) is 29.5 Å². The van der Waals surface area contributed by atoms with Crippen LogP contribution in [0.15, 0.2) is 18.2 Å². The van der Waals surface area contributed by atoms with E-state index in [-0.39, 0.29) is 0 Å². The molecule has 0 fully saturated rings. The van der Waals surface area contributed by atoms with Crippen molar-refractivity contribution in [1.82, 2.24) is 25.2 Å². The number of nitrogens with zero attached hydrogens (tertiary/aromatic N) is 5. The van der Waals surface area contributed by atoms with Crippen LogP contribution in [-0.2, 0) is 6.54 Å². The van der Waals surface area contributed by atoms with E-state index < -0.39 is 0 Å². The Morgan fingerprint density at radius 1 is 1.40 bits per heavy atom. The molecule has 15 heavy (non-hydrogen) atoms. The fraction of sp³-hybridized carbons (Fsp3) is 0.333. The predicted molar refractivity (Wildman–Crippen MR) is 54.8 cm³/mol. The molecule has 0 saturated carbocycles. The van der Waals surface area contributed by atoms with Crippen LogP contribution in [0.5, 0.6) is 0 Å². The van der Waals surface area contributed by atoms with Crippen molar-refractivity contribution in [2.24, 2.45) is 5.73 Å². The second-order valence-corrected chi connectivity index (χ2v) is 3.18. The van der Waals surface area contributed by atoms with Gasteiger partial charge in [-0.3, -0.25) is 0 Å². The monoisotopic (exact) mass is 204 g/mol. The van der Waals surface area contributed by atoms with Crippen molar-refractivity contribution in [3.05, 3.63) is 23.9 Å². The molecule has 2 rings (SSSR count). The van der Waals surface area contributed by atoms with Crippen molar-refractivity contribution in [3.63, 3.8) is 0 Å². The Morgan fingerprint density at radius 3 is 3.00 bits per heavy atom. The van der Waals surface area contributed by atoms with E-state index in [0.29, 0.717) is 18.9 Å². The molecule has 2 N–H and O–H groups in total. The zero-order valence-corrected chi connectivity index (χ0v) is 8.46. The van der Waals surface area contributed by atoms with Crippen LogP contribution in [0.2, 0.25) is 0 Å². The second kappa shape index (κ2) is 4.14. The molecule has 6 nitrogen and oxygen atoms in total. The lowest BCUT2D eigenvalue weighted by atomic mass is 10.3. The van der Waals surface area contributed by atoms with Crippen molar-refractivity contribution in [3.8, 4) is 11.5 Å². The van der Waals surface area contributed by atoms with Crippen molar-refractivity contribution in [2.45, 2.75) is 13.5 Å². The van der Waals surface area contributed by atoms with Crippen molar-refractivity contribution < 1.29 is 0 Å². The third-order valence-electron chi connectivity index (χ3n) is 1.99. The van der Waals surface area contributed by atoms with Crippen LogP contribution in [0.3, 0.4) is 0 Å². The molecule has 0 aliphatic rings. The first-order valence-corrected chi connectivity index (χ1v) is 4.71. The molecule has 0 unspecified atom stereocenters. The van der Waals surface area contributed by atoms with Gasteiger partial charge in [0.05, 0.1) is 6.54 Å². The highest BCUT2D eigenvalue weighted by Crippen LogP contribution is 2.12. The van der Waals surface area contributed by atoms with E-state index in [4.69, 9.17) is 5.73 Å². The van der Waals surface area contributed by atoms with Crippen LogP contribution < -0.4 is 5.73 Å². The van der Waals surface area contributed by atoms with E-state index in [2.05, 4.69) is 20.5 Å². The molecule has 0 atom stereocenters. The number of tetrazole rings is 1. The molecule has 2 heterocycles. The van der Waals surface area contributed by atoms with E-state index in [9.17, 15) is 0 Å². The highest BCUT2D eigenvalue weighted by Gasteiger charge is 2.08. The maximum atomic E-state index is 5.46. The van der Waals surface area contributed by atoms with Crippen LogP contribution in [0.4, 0.5) is 0 Å². The first kappa shape index (κ1) is 9.72. The maximum Gasteiger partial charge on any atom is 0.200 e. The van der Waals surface area contributed by atoms with Gasteiger partial charge in [-0.1, -0.05) is 6.07 Å². The molecule has 78 valence electrons. The lowest BCUT2D eigenvalue weighted by molar-refractivity contribution is 0.602. The molecule has 0 aliphatic carbocycles. The number of hydrogen-bond acceptors (Lipinski definition) is 5.